The van der Waals surface area contributed by atoms with Gasteiger partial charge in [-0.2, -0.15) is 0 Å². The van der Waals surface area contributed by atoms with E-state index in [9.17, 15) is 4.79 Å². The molecular weight excluding hydrogens is 288 g/mol. The number of hydrogen-bond donors (Lipinski definition) is 3. The fourth-order valence-corrected chi connectivity index (χ4v) is 2.96. The van der Waals surface area contributed by atoms with Gasteiger partial charge in [0, 0.05) is 17.5 Å². The average molecular weight is 304 g/mol. The Morgan fingerprint density at radius 3 is 2.81 bits per heavy atom. The first-order valence-electron chi connectivity index (χ1n) is 6.33. The molecule has 4 N–H and O–H groups in total. The third-order valence-corrected chi connectivity index (χ3v) is 3.88. The quantitative estimate of drug-likeness (QED) is 0.195. The van der Waals surface area contributed by atoms with E-state index < -0.39 is 0 Å². The smallest absolute Gasteiger partial charge is 0.251 e. The van der Waals surface area contributed by atoms with Crippen LogP contribution in [0.25, 0.3) is 0 Å². The Labute approximate surface area is 126 Å². The van der Waals surface area contributed by atoms with E-state index in [2.05, 4.69) is 15.1 Å². The number of aryl methyl sites for hydroxylation is 1. The van der Waals surface area contributed by atoms with Gasteiger partial charge in [-0.25, -0.2) is 4.98 Å². The first-order chi connectivity index (χ1) is 10.1. The monoisotopic (exact) mass is 304 g/mol. The summed E-state index contributed by atoms with van der Waals surface area (Å²) in [5, 5.41) is 12.6. The summed E-state index contributed by atoms with van der Waals surface area (Å²) in [7, 11) is 0. The van der Waals surface area contributed by atoms with E-state index >= 15 is 0 Å². The van der Waals surface area contributed by atoms with E-state index in [-0.39, 0.29) is 17.3 Å². The maximum atomic E-state index is 11.4. The molecule has 2 aromatic rings. The average Bonchev–Trinajstić information content (AvgIpc) is 2.47. The molecule has 0 aliphatic rings. The number of amidine groups is 1. The first kappa shape index (κ1) is 15.1. The fraction of sp³-hybridized carbons (Fsp3) is 0.214. The molecule has 1 unspecified atom stereocenters. The van der Waals surface area contributed by atoms with Gasteiger partial charge in [-0.1, -0.05) is 47.2 Å². The highest BCUT2D eigenvalue weighted by molar-refractivity contribution is 7.99. The van der Waals surface area contributed by atoms with Crippen molar-refractivity contribution in [2.75, 3.05) is 5.75 Å². The number of nitrogens with zero attached hydrogens (tertiary/aromatic N) is 2. The predicted octanol–water partition coefficient (Wildman–Crippen LogP) is 1.70. The zero-order valence-electron chi connectivity index (χ0n) is 11.5. The minimum Gasteiger partial charge on any atom is -0.409 e. The summed E-state index contributed by atoms with van der Waals surface area (Å²) in [5.74, 6) is 0.377. The molecule has 1 heterocycles. The SMILES string of the molecule is Cc1cc(=O)[nH]c(SCC(C(N)=NO)c2ccccc2)n1. The number of aromatic amines is 1. The third-order valence-electron chi connectivity index (χ3n) is 2.91. The van der Waals surface area contributed by atoms with E-state index in [1.54, 1.807) is 6.92 Å². The molecule has 0 saturated carbocycles. The minimum absolute atomic E-state index is 0.128. The van der Waals surface area contributed by atoms with Crippen LogP contribution in [0.3, 0.4) is 0 Å². The number of oxime groups is 1. The Bertz CT molecular complexity index is 685. The second kappa shape index (κ2) is 6.94. The van der Waals surface area contributed by atoms with Crippen molar-refractivity contribution >= 4 is 17.6 Å². The highest BCUT2D eigenvalue weighted by Gasteiger charge is 2.17. The van der Waals surface area contributed by atoms with Gasteiger partial charge in [0.2, 0.25) is 0 Å². The molecule has 0 saturated heterocycles. The summed E-state index contributed by atoms with van der Waals surface area (Å²) in [6.45, 7) is 1.76. The van der Waals surface area contributed by atoms with Crippen molar-refractivity contribution in [3.05, 3.63) is 58.0 Å². The van der Waals surface area contributed by atoms with Crippen molar-refractivity contribution in [2.45, 2.75) is 18.0 Å². The molecular formula is C14H16N4O2S. The van der Waals surface area contributed by atoms with Crippen LogP contribution in [0.5, 0.6) is 0 Å². The summed E-state index contributed by atoms with van der Waals surface area (Å²) in [6.07, 6.45) is 0. The van der Waals surface area contributed by atoms with E-state index in [0.717, 1.165) is 5.56 Å². The molecule has 0 amide bonds. The minimum atomic E-state index is -0.257. The molecule has 0 aliphatic carbocycles. The third kappa shape index (κ3) is 4.09. The van der Waals surface area contributed by atoms with Crippen LogP contribution in [-0.2, 0) is 0 Å². The van der Waals surface area contributed by atoms with E-state index in [1.807, 2.05) is 30.3 Å². The highest BCUT2D eigenvalue weighted by atomic mass is 32.2. The number of nitrogens with two attached hydrogens (primary N) is 1. The normalized spacial score (nSPS) is 13.1. The molecule has 1 atom stereocenters. The van der Waals surface area contributed by atoms with Crippen LogP contribution in [-0.4, -0.2) is 26.8 Å². The molecule has 0 spiro atoms. The molecule has 1 aromatic heterocycles. The molecule has 6 nitrogen and oxygen atoms in total. The molecule has 0 fully saturated rings. The molecule has 0 radical (unpaired) electrons. The Kier molecular flexibility index (Phi) is 4.99. The van der Waals surface area contributed by atoms with Gasteiger partial charge >= 0.3 is 0 Å². The molecule has 21 heavy (non-hydrogen) atoms. The number of H-pyrrole nitrogens is 1. The van der Waals surface area contributed by atoms with Gasteiger partial charge in [-0.05, 0) is 12.5 Å². The highest BCUT2D eigenvalue weighted by Crippen LogP contribution is 2.24. The van der Waals surface area contributed by atoms with Crippen LogP contribution in [0.2, 0.25) is 0 Å². The van der Waals surface area contributed by atoms with Gasteiger partial charge in [-0.15, -0.1) is 0 Å². The lowest BCUT2D eigenvalue weighted by Crippen LogP contribution is -2.24. The molecule has 2 rings (SSSR count). The van der Waals surface area contributed by atoms with E-state index in [0.29, 0.717) is 16.6 Å². The second-order valence-corrected chi connectivity index (χ2v) is 5.50. The first-order valence-corrected chi connectivity index (χ1v) is 7.32. The molecule has 0 aliphatic heterocycles. The summed E-state index contributed by atoms with van der Waals surface area (Å²) in [4.78, 5) is 18.3. The summed E-state index contributed by atoms with van der Waals surface area (Å²) in [5.41, 5.74) is 7.17. The van der Waals surface area contributed by atoms with Crippen molar-refractivity contribution in [1.29, 1.82) is 0 Å². The lowest BCUT2D eigenvalue weighted by Gasteiger charge is -2.15. The van der Waals surface area contributed by atoms with Gasteiger partial charge < -0.3 is 15.9 Å². The number of thioether (sulfide) groups is 1. The van der Waals surface area contributed by atoms with Crippen LogP contribution >= 0.6 is 11.8 Å². The van der Waals surface area contributed by atoms with Crippen molar-refractivity contribution in [1.82, 2.24) is 9.97 Å². The number of benzene rings is 1. The second-order valence-electron chi connectivity index (χ2n) is 4.49. The number of aromatic nitrogens is 2. The predicted molar refractivity (Wildman–Crippen MR) is 82.9 cm³/mol. The molecule has 7 heteroatoms. The number of hydrogen-bond acceptors (Lipinski definition) is 5. The lowest BCUT2D eigenvalue weighted by atomic mass is 10.0. The van der Waals surface area contributed by atoms with Crippen LogP contribution in [0, 0.1) is 6.92 Å². The maximum absolute atomic E-state index is 11.4. The zero-order valence-corrected chi connectivity index (χ0v) is 12.3. The van der Waals surface area contributed by atoms with Crippen molar-refractivity contribution in [2.24, 2.45) is 10.9 Å². The van der Waals surface area contributed by atoms with Gasteiger partial charge in [0.25, 0.3) is 5.56 Å². The van der Waals surface area contributed by atoms with Crippen LogP contribution in [0.15, 0.2) is 51.5 Å². The molecule has 0 bridgehead atoms. The summed E-state index contributed by atoms with van der Waals surface area (Å²) < 4.78 is 0. The summed E-state index contributed by atoms with van der Waals surface area (Å²) in [6, 6.07) is 10.9. The number of nitrogens with one attached hydrogen (secondary N) is 1. The van der Waals surface area contributed by atoms with E-state index in [4.69, 9.17) is 10.9 Å². The Hall–Kier alpha value is -2.28. The topological polar surface area (TPSA) is 104 Å². The number of rotatable bonds is 5. The van der Waals surface area contributed by atoms with Crippen molar-refractivity contribution < 1.29 is 5.21 Å². The Balaban J connectivity index is 2.18. The van der Waals surface area contributed by atoms with Gasteiger partial charge in [0.05, 0.1) is 5.92 Å². The van der Waals surface area contributed by atoms with Gasteiger partial charge in [0.15, 0.2) is 5.16 Å². The van der Waals surface area contributed by atoms with E-state index in [1.165, 1.54) is 17.8 Å². The summed E-state index contributed by atoms with van der Waals surface area (Å²) >= 11 is 1.36. The van der Waals surface area contributed by atoms with Crippen LogP contribution in [0.1, 0.15) is 17.2 Å². The molecule has 110 valence electrons. The largest absolute Gasteiger partial charge is 0.409 e. The van der Waals surface area contributed by atoms with Crippen LogP contribution < -0.4 is 11.3 Å². The lowest BCUT2D eigenvalue weighted by molar-refractivity contribution is 0.316. The van der Waals surface area contributed by atoms with Crippen molar-refractivity contribution in [3.63, 3.8) is 0 Å². The Morgan fingerprint density at radius 1 is 1.48 bits per heavy atom. The maximum Gasteiger partial charge on any atom is 0.251 e. The fourth-order valence-electron chi connectivity index (χ4n) is 1.89. The van der Waals surface area contributed by atoms with Gasteiger partial charge in [-0.3, -0.25) is 4.79 Å². The Morgan fingerprint density at radius 2 is 2.19 bits per heavy atom. The van der Waals surface area contributed by atoms with Crippen LogP contribution in [0.4, 0.5) is 0 Å². The zero-order chi connectivity index (χ0) is 15.2. The standard InChI is InChI=1S/C14H16N4O2S/c1-9-7-12(19)17-14(16-9)21-8-11(13(15)18-20)10-5-3-2-4-6-10/h2-7,11,20H,8H2,1H3,(H2,15,18)(H,16,17,19). The van der Waals surface area contributed by atoms with Crippen molar-refractivity contribution in [3.8, 4) is 0 Å². The molecule has 1 aromatic carbocycles. The van der Waals surface area contributed by atoms with Gasteiger partial charge in [0.1, 0.15) is 5.84 Å².